The molecule has 1 unspecified atom stereocenters. The first-order valence-electron chi connectivity index (χ1n) is 11.9. The number of carboxylic acids is 1. The second-order valence-electron chi connectivity index (χ2n) is 9.95. The first-order valence-corrected chi connectivity index (χ1v) is 11.9. The van der Waals surface area contributed by atoms with Crippen molar-refractivity contribution >= 4 is 23.0 Å². The molecule has 35 heavy (non-hydrogen) atoms. The number of carbonyl (C=O) groups is 2. The van der Waals surface area contributed by atoms with E-state index in [9.17, 15) is 14.7 Å². The summed E-state index contributed by atoms with van der Waals surface area (Å²) in [5.41, 5.74) is 4.05. The van der Waals surface area contributed by atoms with Gasteiger partial charge in [0.2, 0.25) is 5.88 Å². The van der Waals surface area contributed by atoms with Crippen LogP contribution in [0, 0.1) is 0 Å². The van der Waals surface area contributed by atoms with Gasteiger partial charge in [-0.05, 0) is 69.9 Å². The number of nitrogens with zero attached hydrogens (tertiary/aromatic N) is 3. The highest BCUT2D eigenvalue weighted by atomic mass is 16.6. The van der Waals surface area contributed by atoms with Crippen LogP contribution in [0.1, 0.15) is 68.2 Å². The van der Waals surface area contributed by atoms with E-state index in [-0.39, 0.29) is 23.6 Å². The van der Waals surface area contributed by atoms with Gasteiger partial charge in [0.05, 0.1) is 18.8 Å². The van der Waals surface area contributed by atoms with Crippen molar-refractivity contribution in [2.75, 3.05) is 13.7 Å². The van der Waals surface area contributed by atoms with Gasteiger partial charge in [-0.2, -0.15) is 0 Å². The topological polar surface area (TPSA) is 93.9 Å². The van der Waals surface area contributed by atoms with Crippen molar-refractivity contribution in [2.24, 2.45) is 7.05 Å². The molecule has 0 bridgehead atoms. The lowest BCUT2D eigenvalue weighted by atomic mass is 10.0. The quantitative estimate of drug-likeness (QED) is 0.513. The predicted octanol–water partition coefficient (Wildman–Crippen LogP) is 5.58. The van der Waals surface area contributed by atoms with Crippen LogP contribution in [0.2, 0.25) is 0 Å². The average molecular weight is 480 g/mol. The lowest BCUT2D eigenvalue weighted by Crippen LogP contribution is -2.36. The van der Waals surface area contributed by atoms with Crippen molar-refractivity contribution in [2.45, 2.75) is 58.6 Å². The Balaban J connectivity index is 1.75. The van der Waals surface area contributed by atoms with Crippen molar-refractivity contribution in [3.8, 4) is 17.1 Å². The third-order valence-corrected chi connectivity index (χ3v) is 6.45. The van der Waals surface area contributed by atoms with Gasteiger partial charge < -0.3 is 19.1 Å². The molecule has 2 aromatic heterocycles. The smallest absolute Gasteiger partial charge is 0.410 e. The molecule has 1 saturated heterocycles. The number of pyridine rings is 1. The maximum atomic E-state index is 12.8. The molecule has 3 heterocycles. The Morgan fingerprint density at radius 3 is 2.57 bits per heavy atom. The van der Waals surface area contributed by atoms with Gasteiger partial charge in [-0.1, -0.05) is 13.0 Å². The number of aromatic carboxylic acids is 1. The van der Waals surface area contributed by atoms with Crippen LogP contribution in [0.5, 0.6) is 5.88 Å². The Morgan fingerprint density at radius 2 is 1.94 bits per heavy atom. The Labute approximate surface area is 205 Å². The number of fused-ring (bicyclic) bond motifs is 1. The lowest BCUT2D eigenvalue weighted by molar-refractivity contribution is 0.0219. The van der Waals surface area contributed by atoms with Gasteiger partial charge >= 0.3 is 12.1 Å². The molecule has 4 rings (SSSR count). The number of amides is 1. The molecule has 1 aliphatic rings. The number of carbonyl (C=O) groups excluding carboxylic acids is 1. The summed E-state index contributed by atoms with van der Waals surface area (Å²) >= 11 is 0. The van der Waals surface area contributed by atoms with E-state index in [1.807, 2.05) is 51.8 Å². The molecule has 0 aliphatic carbocycles. The van der Waals surface area contributed by atoms with Gasteiger partial charge in [-0.25, -0.2) is 14.6 Å². The van der Waals surface area contributed by atoms with Gasteiger partial charge in [0.1, 0.15) is 11.2 Å². The highest BCUT2D eigenvalue weighted by molar-refractivity contribution is 5.92. The van der Waals surface area contributed by atoms with Gasteiger partial charge in [-0.3, -0.25) is 4.90 Å². The number of aryl methyl sites for hydroxylation is 2. The van der Waals surface area contributed by atoms with E-state index >= 15 is 0 Å². The van der Waals surface area contributed by atoms with Gasteiger partial charge in [0.15, 0.2) is 0 Å². The van der Waals surface area contributed by atoms with Crippen LogP contribution in [0.25, 0.3) is 22.2 Å². The molecule has 0 saturated carbocycles. The molecule has 186 valence electrons. The Hall–Kier alpha value is -3.55. The standard InChI is InChI=1S/C27H33N3O5/c1-7-16-14-19(25(31)32)24(34-6)28-23(16)17-10-11-20-18(13-17)15-22(29(20)5)21-9-8-12-30(21)26(33)35-27(2,3)4/h10-11,13-15,21H,7-9,12H2,1-6H3,(H,31,32). The van der Waals surface area contributed by atoms with Gasteiger partial charge in [0, 0.05) is 35.8 Å². The molecular formula is C27H33N3O5. The highest BCUT2D eigenvalue weighted by Crippen LogP contribution is 2.37. The van der Waals surface area contributed by atoms with Crippen LogP contribution < -0.4 is 4.74 Å². The van der Waals surface area contributed by atoms with E-state index in [0.29, 0.717) is 18.7 Å². The molecule has 3 aromatic rings. The summed E-state index contributed by atoms with van der Waals surface area (Å²) in [6, 6.07) is 9.81. The Bertz CT molecular complexity index is 1290. The van der Waals surface area contributed by atoms with E-state index < -0.39 is 11.6 Å². The molecule has 8 heteroatoms. The second-order valence-corrected chi connectivity index (χ2v) is 9.95. The predicted molar refractivity (Wildman–Crippen MR) is 134 cm³/mol. The molecule has 1 fully saturated rings. The SMILES string of the molecule is CCc1cc(C(=O)O)c(OC)nc1-c1ccc2c(c1)cc(C1CCCN1C(=O)OC(C)(C)C)n2C. The molecule has 1 atom stereocenters. The number of ether oxygens (including phenoxy) is 2. The van der Waals surface area contributed by atoms with Crippen LogP contribution in [0.4, 0.5) is 4.79 Å². The van der Waals surface area contributed by atoms with Gasteiger partial charge in [-0.15, -0.1) is 0 Å². The number of likely N-dealkylation sites (tertiary alicyclic amines) is 1. The Morgan fingerprint density at radius 1 is 1.20 bits per heavy atom. The molecule has 0 spiro atoms. The summed E-state index contributed by atoms with van der Waals surface area (Å²) < 4.78 is 13.1. The number of hydrogen-bond donors (Lipinski definition) is 1. The van der Waals surface area contributed by atoms with Crippen molar-refractivity contribution in [3.05, 3.63) is 47.2 Å². The number of aromatic nitrogens is 2. The largest absolute Gasteiger partial charge is 0.480 e. The van der Waals surface area contributed by atoms with E-state index in [2.05, 4.69) is 21.7 Å². The van der Waals surface area contributed by atoms with Crippen LogP contribution in [-0.4, -0.2) is 50.9 Å². The van der Waals surface area contributed by atoms with Crippen molar-refractivity contribution in [1.82, 2.24) is 14.5 Å². The molecule has 1 amide bonds. The summed E-state index contributed by atoms with van der Waals surface area (Å²) in [5, 5.41) is 10.5. The molecule has 1 N–H and O–H groups in total. The summed E-state index contributed by atoms with van der Waals surface area (Å²) in [6.07, 6.45) is 2.16. The van der Waals surface area contributed by atoms with Crippen molar-refractivity contribution in [3.63, 3.8) is 0 Å². The number of methoxy groups -OCH3 is 1. The number of benzene rings is 1. The summed E-state index contributed by atoms with van der Waals surface area (Å²) in [5.74, 6) is -0.970. The minimum absolute atomic E-state index is 0.0510. The first-order chi connectivity index (χ1) is 16.5. The zero-order valence-electron chi connectivity index (χ0n) is 21.2. The number of carboxylic acid groups (broad SMARTS) is 1. The van der Waals surface area contributed by atoms with E-state index in [1.165, 1.54) is 7.11 Å². The molecule has 1 aromatic carbocycles. The molecule has 8 nitrogen and oxygen atoms in total. The zero-order valence-corrected chi connectivity index (χ0v) is 21.2. The summed E-state index contributed by atoms with van der Waals surface area (Å²) in [7, 11) is 3.44. The highest BCUT2D eigenvalue weighted by Gasteiger charge is 2.34. The molecule has 1 aliphatic heterocycles. The monoisotopic (exact) mass is 479 g/mol. The fraction of sp³-hybridized carbons (Fsp3) is 0.444. The third-order valence-electron chi connectivity index (χ3n) is 6.45. The molecule has 0 radical (unpaired) electrons. The minimum Gasteiger partial charge on any atom is -0.480 e. The number of rotatable bonds is 5. The first kappa shape index (κ1) is 24.6. The number of hydrogen-bond acceptors (Lipinski definition) is 5. The summed E-state index contributed by atoms with van der Waals surface area (Å²) in [4.78, 5) is 30.9. The van der Waals surface area contributed by atoms with Crippen LogP contribution in [0.3, 0.4) is 0 Å². The van der Waals surface area contributed by atoms with Crippen LogP contribution in [-0.2, 0) is 18.2 Å². The maximum Gasteiger partial charge on any atom is 0.410 e. The maximum absolute atomic E-state index is 12.8. The third kappa shape index (κ3) is 4.70. The van der Waals surface area contributed by atoms with Crippen molar-refractivity contribution < 1.29 is 24.2 Å². The molecular weight excluding hydrogens is 446 g/mol. The Kier molecular flexibility index (Phi) is 6.49. The van der Waals surface area contributed by atoms with E-state index in [1.54, 1.807) is 6.07 Å². The van der Waals surface area contributed by atoms with E-state index in [0.717, 1.165) is 40.6 Å². The fourth-order valence-electron chi connectivity index (χ4n) is 4.82. The van der Waals surface area contributed by atoms with E-state index in [4.69, 9.17) is 9.47 Å². The van der Waals surface area contributed by atoms with Gasteiger partial charge in [0.25, 0.3) is 0 Å². The summed E-state index contributed by atoms with van der Waals surface area (Å²) in [6.45, 7) is 8.29. The zero-order chi connectivity index (χ0) is 25.5. The van der Waals surface area contributed by atoms with Crippen LogP contribution in [0.15, 0.2) is 30.3 Å². The minimum atomic E-state index is -1.06. The normalized spacial score (nSPS) is 16.1. The second kappa shape index (κ2) is 9.24. The van der Waals surface area contributed by atoms with Crippen LogP contribution >= 0.6 is 0 Å². The van der Waals surface area contributed by atoms with Crippen molar-refractivity contribution in [1.29, 1.82) is 0 Å². The average Bonchev–Trinajstić information content (AvgIpc) is 3.41. The fourth-order valence-corrected chi connectivity index (χ4v) is 4.82. The lowest BCUT2D eigenvalue weighted by Gasteiger charge is -2.29.